The van der Waals surface area contributed by atoms with Gasteiger partial charge in [-0.25, -0.2) is 0 Å². The van der Waals surface area contributed by atoms with Crippen LogP contribution in [0.2, 0.25) is 0 Å². The molecule has 1 saturated heterocycles. The van der Waals surface area contributed by atoms with E-state index in [-0.39, 0.29) is 5.91 Å². The lowest BCUT2D eigenvalue weighted by Crippen LogP contribution is -2.44. The van der Waals surface area contributed by atoms with Crippen LogP contribution in [0.4, 0.5) is 0 Å². The van der Waals surface area contributed by atoms with E-state index in [1.165, 1.54) is 12.8 Å². The highest BCUT2D eigenvalue weighted by Gasteiger charge is 2.19. The van der Waals surface area contributed by atoms with Crippen molar-refractivity contribution < 1.29 is 4.79 Å². The average molecular weight is 253 g/mol. The second-order valence-corrected chi connectivity index (χ2v) is 5.47. The van der Waals surface area contributed by atoms with Crippen LogP contribution in [0.25, 0.3) is 0 Å². The molecular formula is C14H27N3O. The van der Waals surface area contributed by atoms with Gasteiger partial charge in [0.05, 0.1) is 6.54 Å². The van der Waals surface area contributed by atoms with Gasteiger partial charge in [-0.15, -0.1) is 6.58 Å². The smallest absolute Gasteiger partial charge is 0.234 e. The molecule has 0 radical (unpaired) electrons. The molecule has 1 aliphatic heterocycles. The summed E-state index contributed by atoms with van der Waals surface area (Å²) >= 11 is 0. The van der Waals surface area contributed by atoms with Crippen LogP contribution in [0.1, 0.15) is 26.7 Å². The number of amides is 1. The molecule has 0 aromatic carbocycles. The normalized spacial score (nSPS) is 19.4. The number of carbonyl (C=O) groups excluding carboxylic acids is 1. The quantitative estimate of drug-likeness (QED) is 0.634. The summed E-state index contributed by atoms with van der Waals surface area (Å²) in [7, 11) is 0. The maximum absolute atomic E-state index is 11.7. The summed E-state index contributed by atoms with van der Waals surface area (Å²) in [5.74, 6) is 0.673. The fourth-order valence-electron chi connectivity index (χ4n) is 2.39. The number of hydrogen-bond acceptors (Lipinski definition) is 3. The molecule has 1 atom stereocenters. The van der Waals surface area contributed by atoms with Gasteiger partial charge in [0.1, 0.15) is 0 Å². The van der Waals surface area contributed by atoms with E-state index in [0.29, 0.717) is 25.0 Å². The molecule has 0 bridgehead atoms. The summed E-state index contributed by atoms with van der Waals surface area (Å²) in [6, 6.07) is 0.552. The van der Waals surface area contributed by atoms with Crippen LogP contribution >= 0.6 is 0 Å². The summed E-state index contributed by atoms with van der Waals surface area (Å²) in [4.78, 5) is 14.0. The Morgan fingerprint density at radius 1 is 1.61 bits per heavy atom. The molecular weight excluding hydrogens is 226 g/mol. The molecule has 0 spiro atoms. The van der Waals surface area contributed by atoms with Crippen molar-refractivity contribution in [1.29, 1.82) is 0 Å². The lowest BCUT2D eigenvalue weighted by atomic mass is 10.1. The van der Waals surface area contributed by atoms with Crippen LogP contribution in [0, 0.1) is 5.92 Å². The van der Waals surface area contributed by atoms with Crippen molar-refractivity contribution in [2.45, 2.75) is 32.7 Å². The van der Waals surface area contributed by atoms with Crippen molar-refractivity contribution in [2.24, 2.45) is 5.92 Å². The van der Waals surface area contributed by atoms with Crippen LogP contribution in [-0.4, -0.2) is 49.6 Å². The zero-order chi connectivity index (χ0) is 13.4. The molecule has 1 unspecified atom stereocenters. The Bertz CT molecular complexity index is 260. The standard InChI is InChI=1S/C14H27N3O/c1-4-7-16-14(18)11-17(9-12(2)3)10-13-6-5-8-15-13/h4,12-13,15H,1,5-11H2,2-3H3,(H,16,18). The Labute approximate surface area is 111 Å². The monoisotopic (exact) mass is 253 g/mol. The van der Waals surface area contributed by atoms with Gasteiger partial charge in [0.15, 0.2) is 0 Å². The summed E-state index contributed by atoms with van der Waals surface area (Å²) in [5, 5.41) is 6.33. The topological polar surface area (TPSA) is 44.4 Å². The molecule has 4 nitrogen and oxygen atoms in total. The molecule has 18 heavy (non-hydrogen) atoms. The maximum atomic E-state index is 11.7. The van der Waals surface area contributed by atoms with Crippen molar-refractivity contribution in [2.75, 3.05) is 32.7 Å². The van der Waals surface area contributed by atoms with Crippen LogP contribution in [0.15, 0.2) is 12.7 Å². The van der Waals surface area contributed by atoms with Crippen LogP contribution < -0.4 is 10.6 Å². The molecule has 4 heteroatoms. The van der Waals surface area contributed by atoms with Gasteiger partial charge in [0.25, 0.3) is 0 Å². The third-order valence-corrected chi connectivity index (χ3v) is 3.08. The van der Waals surface area contributed by atoms with Gasteiger partial charge in [-0.1, -0.05) is 19.9 Å². The zero-order valence-corrected chi connectivity index (χ0v) is 11.7. The van der Waals surface area contributed by atoms with Crippen molar-refractivity contribution in [3.05, 3.63) is 12.7 Å². The molecule has 104 valence electrons. The van der Waals surface area contributed by atoms with Crippen molar-refractivity contribution in [3.63, 3.8) is 0 Å². The van der Waals surface area contributed by atoms with E-state index in [4.69, 9.17) is 0 Å². The Balaban J connectivity index is 2.38. The SMILES string of the molecule is C=CCNC(=O)CN(CC(C)C)CC1CCCN1. The van der Waals surface area contributed by atoms with Crippen LogP contribution in [-0.2, 0) is 4.79 Å². The number of rotatable bonds is 8. The largest absolute Gasteiger partial charge is 0.352 e. The number of nitrogens with one attached hydrogen (secondary N) is 2. The Morgan fingerprint density at radius 2 is 2.39 bits per heavy atom. The van der Waals surface area contributed by atoms with Gasteiger partial charge < -0.3 is 10.6 Å². The molecule has 0 aromatic heterocycles. The molecule has 0 saturated carbocycles. The number of carbonyl (C=O) groups is 1. The molecule has 1 amide bonds. The molecule has 1 rings (SSSR count). The highest BCUT2D eigenvalue weighted by molar-refractivity contribution is 5.78. The summed E-state index contributed by atoms with van der Waals surface area (Å²) in [5.41, 5.74) is 0. The highest BCUT2D eigenvalue weighted by atomic mass is 16.2. The van der Waals surface area contributed by atoms with Crippen molar-refractivity contribution >= 4 is 5.91 Å². The maximum Gasteiger partial charge on any atom is 0.234 e. The van der Waals surface area contributed by atoms with E-state index >= 15 is 0 Å². The van der Waals surface area contributed by atoms with Gasteiger partial charge in [0, 0.05) is 25.7 Å². The molecule has 2 N–H and O–H groups in total. The molecule has 1 fully saturated rings. The first-order valence-electron chi connectivity index (χ1n) is 6.95. The summed E-state index contributed by atoms with van der Waals surface area (Å²) in [6.45, 7) is 12.1. The van der Waals surface area contributed by atoms with Gasteiger partial charge in [-0.05, 0) is 25.3 Å². The minimum atomic E-state index is 0.0912. The third-order valence-electron chi connectivity index (χ3n) is 3.08. The Hall–Kier alpha value is -0.870. The van der Waals surface area contributed by atoms with Crippen LogP contribution in [0.5, 0.6) is 0 Å². The molecule has 0 aliphatic carbocycles. The van der Waals surface area contributed by atoms with E-state index in [9.17, 15) is 4.79 Å². The van der Waals surface area contributed by atoms with Crippen LogP contribution in [0.3, 0.4) is 0 Å². The lowest BCUT2D eigenvalue weighted by molar-refractivity contribution is -0.122. The Morgan fingerprint density at radius 3 is 2.94 bits per heavy atom. The number of hydrogen-bond donors (Lipinski definition) is 2. The summed E-state index contributed by atoms with van der Waals surface area (Å²) in [6.07, 6.45) is 4.19. The van der Waals surface area contributed by atoms with Gasteiger partial charge in [-0.3, -0.25) is 9.69 Å². The van der Waals surface area contributed by atoms with E-state index in [0.717, 1.165) is 19.6 Å². The van der Waals surface area contributed by atoms with E-state index < -0.39 is 0 Å². The Kier molecular flexibility index (Phi) is 6.98. The van der Waals surface area contributed by atoms with Gasteiger partial charge in [-0.2, -0.15) is 0 Å². The lowest BCUT2D eigenvalue weighted by Gasteiger charge is -2.26. The van der Waals surface area contributed by atoms with Gasteiger partial charge in [0.2, 0.25) is 5.91 Å². The first kappa shape index (κ1) is 15.2. The van der Waals surface area contributed by atoms with E-state index in [1.807, 2.05) is 0 Å². The number of nitrogens with zero attached hydrogens (tertiary/aromatic N) is 1. The minimum absolute atomic E-state index is 0.0912. The molecule has 0 aromatic rings. The van der Waals surface area contributed by atoms with E-state index in [1.54, 1.807) is 6.08 Å². The fraction of sp³-hybridized carbons (Fsp3) is 0.786. The second kappa shape index (κ2) is 8.27. The van der Waals surface area contributed by atoms with Gasteiger partial charge >= 0.3 is 0 Å². The fourth-order valence-corrected chi connectivity index (χ4v) is 2.39. The first-order valence-corrected chi connectivity index (χ1v) is 6.95. The average Bonchev–Trinajstić information content (AvgIpc) is 2.78. The summed E-state index contributed by atoms with van der Waals surface area (Å²) < 4.78 is 0. The third kappa shape index (κ3) is 6.17. The minimum Gasteiger partial charge on any atom is -0.352 e. The predicted molar refractivity (Wildman–Crippen MR) is 75.5 cm³/mol. The van der Waals surface area contributed by atoms with E-state index in [2.05, 4.69) is 36.0 Å². The highest BCUT2D eigenvalue weighted by Crippen LogP contribution is 2.08. The zero-order valence-electron chi connectivity index (χ0n) is 11.7. The second-order valence-electron chi connectivity index (χ2n) is 5.47. The van der Waals surface area contributed by atoms with Crippen molar-refractivity contribution in [3.8, 4) is 0 Å². The van der Waals surface area contributed by atoms with Crippen molar-refractivity contribution in [1.82, 2.24) is 15.5 Å². The predicted octanol–water partition coefficient (Wildman–Crippen LogP) is 0.999. The first-order chi connectivity index (χ1) is 8.61. The molecule has 1 aliphatic rings. The molecule has 1 heterocycles.